The molecule has 0 saturated carbocycles. The summed E-state index contributed by atoms with van der Waals surface area (Å²) in [4.78, 5) is 22.7. The number of carbonyl (C=O) groups is 1. The first-order valence-corrected chi connectivity index (χ1v) is 16.8. The van der Waals surface area contributed by atoms with Gasteiger partial charge in [-0.3, -0.25) is 4.90 Å². The third-order valence-electron chi connectivity index (χ3n) is 9.51. The largest absolute Gasteiger partial charge is 0.488 e. The molecule has 3 aliphatic rings. The van der Waals surface area contributed by atoms with Crippen LogP contribution in [-0.2, 0) is 21.6 Å². The number of amides is 2. The maximum atomic E-state index is 15.0. The minimum Gasteiger partial charge on any atom is -0.488 e. The predicted octanol–water partition coefficient (Wildman–Crippen LogP) is 5.27. The van der Waals surface area contributed by atoms with Crippen LogP contribution in [0.1, 0.15) is 25.8 Å². The second kappa shape index (κ2) is 14.0. The topological polar surface area (TPSA) is 88.4 Å². The predicted molar refractivity (Wildman–Crippen MR) is 181 cm³/mol. The molecule has 4 heterocycles. The highest BCUT2D eigenvalue weighted by Crippen LogP contribution is 2.38. The van der Waals surface area contributed by atoms with E-state index in [9.17, 15) is 9.18 Å². The summed E-state index contributed by atoms with van der Waals surface area (Å²) in [5, 5.41) is 8.35. The number of nitrogens with zero attached hydrogens (tertiary/aromatic N) is 7. The van der Waals surface area contributed by atoms with Gasteiger partial charge in [-0.05, 0) is 68.4 Å². The maximum Gasteiger partial charge on any atom is 0.324 e. The summed E-state index contributed by atoms with van der Waals surface area (Å²) in [6.07, 6.45) is 2.62. The lowest BCUT2D eigenvalue weighted by Crippen LogP contribution is -2.47. The molecular formula is C36H41F2N7O4. The number of rotatable bonds is 10. The van der Waals surface area contributed by atoms with Crippen molar-refractivity contribution in [1.29, 1.82) is 0 Å². The van der Waals surface area contributed by atoms with Crippen molar-refractivity contribution in [3.63, 3.8) is 0 Å². The normalized spacial score (nSPS) is 21.6. The molecule has 49 heavy (non-hydrogen) atoms. The van der Waals surface area contributed by atoms with Crippen LogP contribution in [0, 0.1) is 11.6 Å². The first-order chi connectivity index (χ1) is 23.8. The van der Waals surface area contributed by atoms with Crippen LogP contribution in [0.5, 0.6) is 5.75 Å². The number of ether oxygens (including phenoxy) is 3. The summed E-state index contributed by atoms with van der Waals surface area (Å²) in [6.45, 7) is 9.55. The molecule has 258 valence electrons. The Labute approximate surface area is 284 Å². The molecule has 2 amide bonds. The highest BCUT2D eigenvalue weighted by atomic mass is 19.1. The molecule has 3 aromatic carbocycles. The molecule has 4 aromatic rings. The van der Waals surface area contributed by atoms with Crippen LogP contribution in [-0.4, -0.2) is 90.7 Å². The number of hydrogen-bond donors (Lipinski definition) is 0. The molecule has 3 saturated heterocycles. The van der Waals surface area contributed by atoms with Crippen LogP contribution >= 0.6 is 0 Å². The number of anilines is 3. The first-order valence-electron chi connectivity index (χ1n) is 16.8. The van der Waals surface area contributed by atoms with Crippen LogP contribution in [0.4, 0.5) is 30.6 Å². The van der Waals surface area contributed by atoms with Gasteiger partial charge in [0, 0.05) is 80.4 Å². The van der Waals surface area contributed by atoms with Crippen LogP contribution in [0.25, 0.3) is 0 Å². The Balaban J connectivity index is 0.927. The quantitative estimate of drug-likeness (QED) is 0.225. The average molecular weight is 674 g/mol. The lowest BCUT2D eigenvalue weighted by atomic mass is 9.89. The smallest absolute Gasteiger partial charge is 0.324 e. The van der Waals surface area contributed by atoms with Crippen LogP contribution < -0.4 is 19.4 Å². The van der Waals surface area contributed by atoms with Gasteiger partial charge in [0.05, 0.1) is 25.5 Å². The molecule has 7 rings (SSSR count). The van der Waals surface area contributed by atoms with Gasteiger partial charge in [-0.2, -0.15) is 15.0 Å². The lowest BCUT2D eigenvalue weighted by Gasteiger charge is -2.41. The second-order valence-corrected chi connectivity index (χ2v) is 12.9. The fourth-order valence-corrected chi connectivity index (χ4v) is 6.85. The van der Waals surface area contributed by atoms with Gasteiger partial charge in [-0.15, -0.1) is 0 Å². The zero-order chi connectivity index (χ0) is 34.0. The lowest BCUT2D eigenvalue weighted by molar-refractivity contribution is -0.275. The molecular weight excluding hydrogens is 632 g/mol. The molecule has 3 aliphatic heterocycles. The molecule has 0 spiro atoms. The van der Waals surface area contributed by atoms with E-state index in [-0.39, 0.29) is 37.4 Å². The number of urea groups is 1. The van der Waals surface area contributed by atoms with E-state index >= 15 is 4.39 Å². The Bertz CT molecular complexity index is 1720. The van der Waals surface area contributed by atoms with Gasteiger partial charge in [-0.25, -0.2) is 13.6 Å². The van der Waals surface area contributed by atoms with Crippen molar-refractivity contribution >= 4 is 23.1 Å². The Hall–Kier alpha value is -4.75. The molecule has 2 unspecified atom stereocenters. The van der Waals surface area contributed by atoms with Crippen molar-refractivity contribution in [3.05, 3.63) is 96.3 Å². The van der Waals surface area contributed by atoms with Gasteiger partial charge in [0.1, 0.15) is 29.6 Å². The summed E-state index contributed by atoms with van der Waals surface area (Å²) >= 11 is 0. The number of benzene rings is 3. The summed E-state index contributed by atoms with van der Waals surface area (Å²) in [5.41, 5.74) is 2.25. The van der Waals surface area contributed by atoms with Crippen molar-refractivity contribution in [1.82, 2.24) is 19.9 Å². The molecule has 13 heteroatoms. The Morgan fingerprint density at radius 2 is 1.49 bits per heavy atom. The number of halogens is 2. The minimum atomic E-state index is -1.17. The summed E-state index contributed by atoms with van der Waals surface area (Å²) in [5.74, 6) is -0.705. The van der Waals surface area contributed by atoms with Gasteiger partial charge in [0.15, 0.2) is 6.29 Å². The van der Waals surface area contributed by atoms with E-state index in [1.165, 1.54) is 29.3 Å². The van der Waals surface area contributed by atoms with Crippen LogP contribution in [0.15, 0.2) is 79.1 Å². The fourth-order valence-electron chi connectivity index (χ4n) is 6.85. The van der Waals surface area contributed by atoms with E-state index in [2.05, 4.69) is 32.1 Å². The molecule has 0 aliphatic carbocycles. The van der Waals surface area contributed by atoms with E-state index in [4.69, 9.17) is 14.2 Å². The Morgan fingerprint density at radius 1 is 0.857 bits per heavy atom. The van der Waals surface area contributed by atoms with Gasteiger partial charge >= 0.3 is 6.03 Å². The SMILES string of the molecule is CC(C)N1CCN(c2ccc(N3CCN(c4ccc(OCC5OCCC(Cn6nccn6)(c6ccc(F)cc6F)O5)cc4)CC3)cc2)C1=O. The van der Waals surface area contributed by atoms with E-state index in [1.54, 1.807) is 0 Å². The third-order valence-corrected chi connectivity index (χ3v) is 9.51. The zero-order valence-electron chi connectivity index (χ0n) is 27.8. The third kappa shape index (κ3) is 7.04. The molecule has 1 aromatic heterocycles. The van der Waals surface area contributed by atoms with Gasteiger partial charge in [0.2, 0.25) is 0 Å². The highest BCUT2D eigenvalue weighted by molar-refractivity contribution is 5.94. The summed E-state index contributed by atoms with van der Waals surface area (Å²) in [7, 11) is 0. The number of hydrogen-bond acceptors (Lipinski definition) is 8. The maximum absolute atomic E-state index is 15.0. The monoisotopic (exact) mass is 673 g/mol. The van der Waals surface area contributed by atoms with Crippen LogP contribution in [0.2, 0.25) is 0 Å². The summed E-state index contributed by atoms with van der Waals surface area (Å²) in [6, 6.07) is 20.0. The van der Waals surface area contributed by atoms with Gasteiger partial charge < -0.3 is 28.9 Å². The highest BCUT2D eigenvalue weighted by Gasteiger charge is 2.43. The van der Waals surface area contributed by atoms with E-state index in [1.807, 2.05) is 60.0 Å². The van der Waals surface area contributed by atoms with Gasteiger partial charge in [0.25, 0.3) is 0 Å². The molecule has 0 N–H and O–H groups in total. The van der Waals surface area contributed by atoms with E-state index < -0.39 is 23.5 Å². The number of piperazine rings is 1. The van der Waals surface area contributed by atoms with Crippen molar-refractivity contribution in [3.8, 4) is 5.75 Å². The second-order valence-electron chi connectivity index (χ2n) is 12.9. The first kappa shape index (κ1) is 32.8. The number of carbonyl (C=O) groups excluding carboxylic acids is 1. The van der Waals surface area contributed by atoms with E-state index in [0.29, 0.717) is 18.7 Å². The fraction of sp³-hybridized carbons (Fsp3) is 0.417. The average Bonchev–Trinajstić information content (AvgIpc) is 3.77. The van der Waals surface area contributed by atoms with Crippen molar-refractivity contribution in [2.45, 2.75) is 44.7 Å². The van der Waals surface area contributed by atoms with Crippen molar-refractivity contribution in [2.75, 3.05) is 67.2 Å². The van der Waals surface area contributed by atoms with Crippen LogP contribution in [0.3, 0.4) is 0 Å². The molecule has 0 radical (unpaired) electrons. The Kier molecular flexibility index (Phi) is 9.37. The minimum absolute atomic E-state index is 0.0724. The summed E-state index contributed by atoms with van der Waals surface area (Å²) < 4.78 is 47.0. The van der Waals surface area contributed by atoms with Crippen molar-refractivity contribution in [2.24, 2.45) is 0 Å². The molecule has 11 nitrogen and oxygen atoms in total. The zero-order valence-corrected chi connectivity index (χ0v) is 27.8. The molecule has 0 bridgehead atoms. The Morgan fingerprint density at radius 3 is 2.10 bits per heavy atom. The van der Waals surface area contributed by atoms with Crippen molar-refractivity contribution < 1.29 is 27.8 Å². The van der Waals surface area contributed by atoms with Gasteiger partial charge in [-0.1, -0.05) is 6.07 Å². The number of aromatic nitrogens is 3. The molecule has 2 atom stereocenters. The molecule has 3 fully saturated rings. The standard InChI is InChI=1S/C36H41F2N7O4/c1-26(2)43-20-21-44(35(43)46)30-6-4-28(5-7-30)41-16-18-42(19-17-41)29-8-10-31(11-9-29)48-24-34-47-22-13-36(49-34,25-45-39-14-15-40-45)32-12-3-27(37)23-33(32)38/h3-12,14-15,23,26,34H,13,16-22,24-25H2,1-2H3. The van der Waals surface area contributed by atoms with E-state index in [0.717, 1.165) is 55.9 Å².